The van der Waals surface area contributed by atoms with Gasteiger partial charge in [0.2, 0.25) is 5.82 Å². The van der Waals surface area contributed by atoms with Gasteiger partial charge in [0.05, 0.1) is 13.7 Å². The van der Waals surface area contributed by atoms with E-state index in [2.05, 4.69) is 107 Å². The van der Waals surface area contributed by atoms with Gasteiger partial charge >= 0.3 is 0 Å². The van der Waals surface area contributed by atoms with E-state index < -0.39 is 49.3 Å². The van der Waals surface area contributed by atoms with Crippen molar-refractivity contribution in [1.29, 1.82) is 0 Å². The summed E-state index contributed by atoms with van der Waals surface area (Å²) in [6.45, 7) is 11.5. The maximum Gasteiger partial charge on any atom is 0.200 e. The summed E-state index contributed by atoms with van der Waals surface area (Å²) in [5.74, 6) is -6.68. The number of hydrogen-bond acceptors (Lipinski definition) is 2. The van der Waals surface area contributed by atoms with Crippen LogP contribution in [0.2, 0.25) is 23.7 Å². The number of rotatable bonds is 13. The van der Waals surface area contributed by atoms with Crippen molar-refractivity contribution in [2.24, 2.45) is 41.4 Å². The number of fused-ring (bicyclic) bond motifs is 8. The Bertz CT molecular complexity index is 2160. The summed E-state index contributed by atoms with van der Waals surface area (Å²) in [4.78, 5) is 2.03. The molecule has 8 heteroatoms. The number of anilines is 1. The SMILES string of the molecule is Cc1ccc2c(c1)C1C(C3C=CC=CC3C1[Si](C)(CCCCCCOC(C)(C)C)C1C3C=CC=CC3C3C=CC(CC4CCCCC4)=CC31)N2Cc1c(F)c(F)c(F)c(F)c1F. The second kappa shape index (κ2) is 17.5. The minimum Gasteiger partial charge on any atom is -0.376 e. The summed E-state index contributed by atoms with van der Waals surface area (Å²) in [5, 5.41) is 0. The van der Waals surface area contributed by atoms with Gasteiger partial charge in [0.15, 0.2) is 23.3 Å². The molecule has 7 aliphatic rings. The van der Waals surface area contributed by atoms with E-state index >= 15 is 8.78 Å². The smallest absolute Gasteiger partial charge is 0.200 e. The second-order valence-corrected chi connectivity index (χ2v) is 26.1. The second-order valence-electron chi connectivity index (χ2n) is 21.3. The molecule has 1 aliphatic heterocycles. The Kier molecular flexibility index (Phi) is 12.3. The number of ether oxygens (including phenoxy) is 1. The predicted molar refractivity (Wildman–Crippen MR) is 244 cm³/mol. The Hall–Kier alpha value is -3.49. The van der Waals surface area contributed by atoms with Gasteiger partial charge in [0.1, 0.15) is 0 Å². The van der Waals surface area contributed by atoms with E-state index in [1.165, 1.54) is 49.3 Å². The first kappa shape index (κ1) is 43.7. The fourth-order valence-electron chi connectivity index (χ4n) is 14.0. The van der Waals surface area contributed by atoms with Crippen molar-refractivity contribution in [3.63, 3.8) is 0 Å². The Morgan fingerprint density at radius 3 is 2.00 bits per heavy atom. The normalized spacial score (nSPS) is 31.8. The fraction of sp³-hybridized carbons (Fsp3) is 0.556. The molecule has 0 aromatic heterocycles. The molecule has 9 rings (SSSR count). The van der Waals surface area contributed by atoms with Gasteiger partial charge in [-0.1, -0.05) is 154 Å². The molecule has 0 N–H and O–H groups in total. The highest BCUT2D eigenvalue weighted by Crippen LogP contribution is 2.70. The summed E-state index contributed by atoms with van der Waals surface area (Å²) < 4.78 is 81.5. The van der Waals surface area contributed by atoms with Crippen molar-refractivity contribution in [3.8, 4) is 0 Å². The number of benzene rings is 2. The van der Waals surface area contributed by atoms with Gasteiger partial charge in [0, 0.05) is 42.3 Å². The van der Waals surface area contributed by atoms with Crippen LogP contribution in [-0.2, 0) is 11.3 Å². The first-order valence-electron chi connectivity index (χ1n) is 23.9. The molecule has 0 saturated heterocycles. The van der Waals surface area contributed by atoms with E-state index in [1.807, 2.05) is 17.0 Å². The van der Waals surface area contributed by atoms with Crippen molar-refractivity contribution in [2.45, 2.75) is 140 Å². The summed E-state index contributed by atoms with van der Waals surface area (Å²) in [6, 6.07) is 7.29. The van der Waals surface area contributed by atoms with Crippen molar-refractivity contribution in [2.75, 3.05) is 11.5 Å². The number of aryl methyl sites for hydroxylation is 1. The van der Waals surface area contributed by atoms with Gasteiger partial charge in [-0.25, -0.2) is 22.0 Å². The lowest BCUT2D eigenvalue weighted by molar-refractivity contribution is -0.00471. The van der Waals surface area contributed by atoms with Crippen LogP contribution in [0.5, 0.6) is 0 Å². The zero-order valence-corrected chi connectivity index (χ0v) is 38.4. The number of halogens is 5. The minimum absolute atomic E-state index is 0.0174. The van der Waals surface area contributed by atoms with Crippen LogP contribution >= 0.6 is 0 Å². The third-order valence-corrected chi connectivity index (χ3v) is 22.4. The molecule has 2 aromatic rings. The Balaban J connectivity index is 1.14. The van der Waals surface area contributed by atoms with E-state index in [1.54, 1.807) is 0 Å². The Labute approximate surface area is 368 Å². The van der Waals surface area contributed by atoms with Crippen molar-refractivity contribution >= 4 is 13.8 Å². The van der Waals surface area contributed by atoms with Crippen LogP contribution < -0.4 is 4.90 Å². The van der Waals surface area contributed by atoms with E-state index in [0.29, 0.717) is 29.2 Å². The summed E-state index contributed by atoms with van der Waals surface area (Å²) >= 11 is 0. The van der Waals surface area contributed by atoms with E-state index in [9.17, 15) is 13.2 Å². The van der Waals surface area contributed by atoms with Gasteiger partial charge in [0.25, 0.3) is 0 Å². The Morgan fingerprint density at radius 1 is 0.694 bits per heavy atom. The summed E-state index contributed by atoms with van der Waals surface area (Å²) in [5.41, 5.74) is 4.49. The molecular formula is C54H66F5NOSi. The monoisotopic (exact) mass is 867 g/mol. The highest BCUT2D eigenvalue weighted by molar-refractivity contribution is 6.82. The molecule has 11 unspecified atom stereocenters. The largest absolute Gasteiger partial charge is 0.376 e. The Morgan fingerprint density at radius 2 is 1.31 bits per heavy atom. The van der Waals surface area contributed by atoms with Gasteiger partial charge in [-0.15, -0.1) is 0 Å². The maximum atomic E-state index is 15.7. The molecule has 0 bridgehead atoms. The molecule has 11 atom stereocenters. The van der Waals surface area contributed by atoms with Crippen molar-refractivity contribution < 1.29 is 26.7 Å². The van der Waals surface area contributed by atoms with E-state index in [-0.39, 0.29) is 34.9 Å². The van der Waals surface area contributed by atoms with Crippen molar-refractivity contribution in [1.82, 2.24) is 0 Å². The third kappa shape index (κ3) is 7.89. The fourth-order valence-corrected chi connectivity index (χ4v) is 20.9. The van der Waals surface area contributed by atoms with Crippen LogP contribution in [0.15, 0.2) is 90.6 Å². The highest BCUT2D eigenvalue weighted by Gasteiger charge is 2.66. The van der Waals surface area contributed by atoms with Gasteiger partial charge in [-0.3, -0.25) is 0 Å². The molecule has 0 spiro atoms. The average Bonchev–Trinajstić information content (AvgIpc) is 3.89. The van der Waals surface area contributed by atoms with Crippen LogP contribution in [0.3, 0.4) is 0 Å². The number of allylic oxidation sites excluding steroid dienone is 11. The lowest BCUT2D eigenvalue weighted by atomic mass is 9.79. The standard InChI is InChI=1S/C54H66F5NOSi/c1-33-23-26-44-42(29-33)45-51(60(44)32-43-46(55)48(57)50(59)49(58)47(43)56)38-20-12-14-22-40(38)53(45)62(5,28-16-7-6-15-27-61-54(2,3)4)52-39-21-13-11-19-36(39)37-25-24-35(31-41(37)52)30-34-17-9-8-10-18-34/h11-14,19-26,29,31,34,36-41,45,51-53H,6-10,15-18,27-28,30,32H2,1-5H3. The average molecular weight is 868 g/mol. The van der Waals surface area contributed by atoms with Crippen LogP contribution in [0.4, 0.5) is 27.6 Å². The van der Waals surface area contributed by atoms with Crippen LogP contribution in [0, 0.1) is 77.4 Å². The zero-order valence-electron chi connectivity index (χ0n) is 37.4. The van der Waals surface area contributed by atoms with Gasteiger partial charge < -0.3 is 9.64 Å². The third-order valence-electron chi connectivity index (χ3n) is 16.4. The van der Waals surface area contributed by atoms with Crippen LogP contribution in [-0.4, -0.2) is 26.3 Å². The topological polar surface area (TPSA) is 12.5 Å². The first-order chi connectivity index (χ1) is 29.8. The molecule has 0 amide bonds. The van der Waals surface area contributed by atoms with Crippen molar-refractivity contribution in [3.05, 3.63) is 136 Å². The van der Waals surface area contributed by atoms with Crippen LogP contribution in [0.25, 0.3) is 0 Å². The minimum atomic E-state index is -2.45. The predicted octanol–water partition coefficient (Wildman–Crippen LogP) is 14.8. The van der Waals surface area contributed by atoms with Crippen LogP contribution in [0.1, 0.15) is 108 Å². The summed E-state index contributed by atoms with van der Waals surface area (Å²) in [7, 11) is -2.45. The molecule has 332 valence electrons. The van der Waals surface area contributed by atoms with Gasteiger partial charge in [-0.2, -0.15) is 0 Å². The summed E-state index contributed by atoms with van der Waals surface area (Å²) in [6.07, 6.45) is 38.6. The molecule has 3 fully saturated rings. The molecular weight excluding hydrogens is 802 g/mol. The molecule has 3 saturated carbocycles. The maximum absolute atomic E-state index is 15.7. The highest BCUT2D eigenvalue weighted by atomic mass is 28.3. The lowest BCUT2D eigenvalue weighted by Crippen LogP contribution is -2.48. The molecule has 2 aromatic carbocycles. The molecule has 6 aliphatic carbocycles. The number of nitrogens with zero attached hydrogens (tertiary/aromatic N) is 1. The lowest BCUT2D eigenvalue weighted by Gasteiger charge is -2.48. The molecule has 0 radical (unpaired) electrons. The molecule has 2 nitrogen and oxygen atoms in total. The number of hydrogen-bond donors (Lipinski definition) is 0. The van der Waals surface area contributed by atoms with Gasteiger partial charge in [-0.05, 0) is 98.8 Å². The number of unbranched alkanes of at least 4 members (excludes halogenated alkanes) is 3. The van der Waals surface area contributed by atoms with E-state index in [4.69, 9.17) is 4.74 Å². The molecule has 62 heavy (non-hydrogen) atoms. The van der Waals surface area contributed by atoms with E-state index in [0.717, 1.165) is 55.9 Å². The molecule has 1 heterocycles. The zero-order chi connectivity index (χ0) is 43.5. The first-order valence-corrected chi connectivity index (χ1v) is 26.7. The quantitative estimate of drug-likeness (QED) is 0.0654.